The quantitative estimate of drug-likeness (QED) is 0.340. The zero-order valence-electron chi connectivity index (χ0n) is 31.9. The zero-order valence-corrected chi connectivity index (χ0v) is 31.9. The lowest BCUT2D eigenvalue weighted by Gasteiger charge is -2.56. The van der Waals surface area contributed by atoms with E-state index < -0.39 is 22.7 Å². The predicted octanol–water partition coefficient (Wildman–Crippen LogP) is 6.73. The number of hydrogen-bond donors (Lipinski definition) is 1. The van der Waals surface area contributed by atoms with Crippen LogP contribution < -0.4 is 5.56 Å². The molecule has 2 aliphatic heterocycles. The van der Waals surface area contributed by atoms with Gasteiger partial charge in [-0.2, -0.15) is 0 Å². The fraction of sp³-hybridized carbons (Fsp3) is 0.667. The van der Waals surface area contributed by atoms with Gasteiger partial charge in [-0.3, -0.25) is 14.4 Å². The van der Waals surface area contributed by atoms with Crippen LogP contribution in [-0.2, 0) is 16.1 Å². The number of piperidine rings is 1. The van der Waals surface area contributed by atoms with Crippen LogP contribution in [0.1, 0.15) is 115 Å². The van der Waals surface area contributed by atoms with Crippen LogP contribution in [-0.4, -0.2) is 92.8 Å². The van der Waals surface area contributed by atoms with Gasteiger partial charge in [-0.25, -0.2) is 4.79 Å². The maximum atomic E-state index is 14.3. The van der Waals surface area contributed by atoms with Gasteiger partial charge in [0.25, 0.3) is 11.5 Å². The Labute approximate surface area is 309 Å². The topological polar surface area (TPSA) is 112 Å². The van der Waals surface area contributed by atoms with E-state index in [0.717, 1.165) is 44.1 Å². The summed E-state index contributed by atoms with van der Waals surface area (Å²) < 4.78 is 7.09. The van der Waals surface area contributed by atoms with E-state index in [1.807, 2.05) is 56.0 Å². The van der Waals surface area contributed by atoms with E-state index in [0.29, 0.717) is 62.7 Å². The summed E-state index contributed by atoms with van der Waals surface area (Å²) in [5, 5.41) is 12.7. The maximum Gasteiger partial charge on any atom is 0.410 e. The molecule has 2 saturated carbocycles. The van der Waals surface area contributed by atoms with Crippen molar-refractivity contribution in [2.45, 2.75) is 122 Å². The number of aliphatic hydroxyl groups is 1. The van der Waals surface area contributed by atoms with E-state index in [1.54, 1.807) is 16.0 Å². The maximum absolute atomic E-state index is 14.3. The smallest absolute Gasteiger partial charge is 0.410 e. The number of piperazine rings is 1. The second-order valence-electron chi connectivity index (χ2n) is 17.2. The summed E-state index contributed by atoms with van der Waals surface area (Å²) in [4.78, 5) is 60.3. The molecule has 2 aliphatic carbocycles. The van der Waals surface area contributed by atoms with E-state index in [-0.39, 0.29) is 29.8 Å². The first-order chi connectivity index (χ1) is 24.8. The highest BCUT2D eigenvalue weighted by molar-refractivity contribution is 6.00. The Balaban J connectivity index is 1.24. The van der Waals surface area contributed by atoms with Crippen molar-refractivity contribution in [3.63, 3.8) is 0 Å². The number of amides is 3. The number of hydrogen-bond acceptors (Lipinski definition) is 6. The Bertz CT molecular complexity index is 1630. The van der Waals surface area contributed by atoms with Crippen molar-refractivity contribution in [1.82, 2.24) is 19.3 Å². The summed E-state index contributed by atoms with van der Waals surface area (Å²) in [6, 6.07) is 11.0. The molecule has 1 aromatic carbocycles. The molecule has 2 aromatic rings. The molecule has 10 heteroatoms. The molecule has 1 N–H and O–H groups in total. The van der Waals surface area contributed by atoms with Crippen LogP contribution in [0.5, 0.6) is 0 Å². The standard InChI is InChI=1S/C42H60N4O6/c1-31(26-32-14-8-5-9-15-32)37(48)45-21-20-42(51,41(29-45)18-12-7-13-19-41)30-46-28-35(34(27-36(46)47)33-16-10-6-11-17-33)38(49)43-22-24-44(25-23-43)39(50)52-40(2,3)4/h6,10-11,16-17,27-28,31-32,51H,5,7-9,12-15,18-26,29-30H2,1-4H3/t31-,42?/m1/s1. The Kier molecular flexibility index (Phi) is 11.5. The number of benzene rings is 1. The molecule has 52 heavy (non-hydrogen) atoms. The van der Waals surface area contributed by atoms with Crippen LogP contribution in [0, 0.1) is 17.3 Å². The van der Waals surface area contributed by atoms with Gasteiger partial charge in [0, 0.05) is 68.4 Å². The summed E-state index contributed by atoms with van der Waals surface area (Å²) in [5.74, 6) is 0.557. The Morgan fingerprint density at radius 1 is 0.865 bits per heavy atom. The van der Waals surface area contributed by atoms with E-state index >= 15 is 0 Å². The van der Waals surface area contributed by atoms with Gasteiger partial charge in [-0.05, 0) is 57.9 Å². The first kappa shape index (κ1) is 38.1. The molecule has 4 fully saturated rings. The lowest BCUT2D eigenvalue weighted by molar-refractivity contribution is -0.173. The Morgan fingerprint density at radius 3 is 2.15 bits per heavy atom. The van der Waals surface area contributed by atoms with Crippen molar-refractivity contribution >= 4 is 17.9 Å². The molecule has 0 bridgehead atoms. The summed E-state index contributed by atoms with van der Waals surface area (Å²) >= 11 is 0. The number of carbonyl (C=O) groups excluding carboxylic acids is 3. The Morgan fingerprint density at radius 2 is 1.50 bits per heavy atom. The van der Waals surface area contributed by atoms with Crippen molar-refractivity contribution < 1.29 is 24.2 Å². The van der Waals surface area contributed by atoms with E-state index in [9.17, 15) is 24.3 Å². The van der Waals surface area contributed by atoms with Crippen LogP contribution in [0.15, 0.2) is 47.4 Å². The van der Waals surface area contributed by atoms with Crippen molar-refractivity contribution in [2.24, 2.45) is 17.3 Å². The van der Waals surface area contributed by atoms with Gasteiger partial charge in [0.1, 0.15) is 5.60 Å². The first-order valence-corrected chi connectivity index (χ1v) is 19.9. The van der Waals surface area contributed by atoms with Gasteiger partial charge in [0.05, 0.1) is 17.7 Å². The van der Waals surface area contributed by atoms with Crippen molar-refractivity contribution in [3.8, 4) is 11.1 Å². The normalized spacial score (nSPS) is 23.4. The molecule has 284 valence electrons. The second kappa shape index (κ2) is 15.7. The fourth-order valence-corrected chi connectivity index (χ4v) is 9.39. The number of carbonyl (C=O) groups is 3. The monoisotopic (exact) mass is 716 g/mol. The van der Waals surface area contributed by atoms with Crippen molar-refractivity contribution in [1.29, 1.82) is 0 Å². The van der Waals surface area contributed by atoms with Gasteiger partial charge < -0.3 is 29.1 Å². The second-order valence-corrected chi connectivity index (χ2v) is 17.2. The molecule has 1 unspecified atom stereocenters. The largest absolute Gasteiger partial charge is 0.444 e. The number of ether oxygens (including phenoxy) is 1. The number of likely N-dealkylation sites (tertiary alicyclic amines) is 1. The van der Waals surface area contributed by atoms with Gasteiger partial charge in [0.15, 0.2) is 0 Å². The van der Waals surface area contributed by atoms with E-state index in [1.165, 1.54) is 42.7 Å². The highest BCUT2D eigenvalue weighted by Crippen LogP contribution is 2.50. The third-order valence-corrected chi connectivity index (χ3v) is 12.3. The molecule has 10 nitrogen and oxygen atoms in total. The minimum absolute atomic E-state index is 0.0392. The Hall–Kier alpha value is -3.66. The van der Waals surface area contributed by atoms with Gasteiger partial charge >= 0.3 is 6.09 Å². The number of aromatic nitrogens is 1. The molecule has 6 rings (SSSR count). The predicted molar refractivity (Wildman–Crippen MR) is 202 cm³/mol. The molecule has 3 heterocycles. The van der Waals surface area contributed by atoms with E-state index in [2.05, 4.69) is 6.92 Å². The molecule has 1 aromatic heterocycles. The summed E-state index contributed by atoms with van der Waals surface area (Å²) in [7, 11) is 0. The molecule has 4 aliphatic rings. The highest BCUT2D eigenvalue weighted by atomic mass is 16.6. The minimum atomic E-state index is -1.21. The van der Waals surface area contributed by atoms with Gasteiger partial charge in [-0.1, -0.05) is 88.6 Å². The molecular weight excluding hydrogens is 656 g/mol. The molecule has 2 atom stereocenters. The molecule has 2 saturated heterocycles. The summed E-state index contributed by atoms with van der Waals surface area (Å²) in [6.45, 7) is 9.96. The van der Waals surface area contributed by atoms with Crippen LogP contribution in [0.2, 0.25) is 0 Å². The third-order valence-electron chi connectivity index (χ3n) is 12.3. The van der Waals surface area contributed by atoms with Crippen LogP contribution in [0.25, 0.3) is 11.1 Å². The summed E-state index contributed by atoms with van der Waals surface area (Å²) in [6.07, 6.45) is 13.5. The fourth-order valence-electron chi connectivity index (χ4n) is 9.39. The lowest BCUT2D eigenvalue weighted by atomic mass is 9.59. The van der Waals surface area contributed by atoms with Crippen molar-refractivity contribution in [3.05, 3.63) is 58.5 Å². The molecule has 1 spiro atoms. The minimum Gasteiger partial charge on any atom is -0.444 e. The number of nitrogens with zero attached hydrogens (tertiary/aromatic N) is 4. The zero-order chi connectivity index (χ0) is 37.1. The molecule has 3 amide bonds. The van der Waals surface area contributed by atoms with Crippen LogP contribution in [0.4, 0.5) is 4.79 Å². The molecular formula is C42H60N4O6. The first-order valence-electron chi connectivity index (χ1n) is 19.9. The number of pyridine rings is 1. The van der Waals surface area contributed by atoms with E-state index in [4.69, 9.17) is 4.74 Å². The average molecular weight is 717 g/mol. The molecule has 0 radical (unpaired) electrons. The van der Waals surface area contributed by atoms with Gasteiger partial charge in [-0.15, -0.1) is 0 Å². The summed E-state index contributed by atoms with van der Waals surface area (Å²) in [5.41, 5.74) is -0.919. The SMILES string of the molecule is C[C@H](CC1CCCCC1)C(=O)N1CCC(O)(Cn2cc(C(=O)N3CCN(C(=O)OC(C)(C)C)CC3)c(-c3ccccc3)cc2=O)C2(CCCCC2)C1. The highest BCUT2D eigenvalue weighted by Gasteiger charge is 2.55. The number of rotatable bonds is 7. The van der Waals surface area contributed by atoms with Gasteiger partial charge in [0.2, 0.25) is 5.91 Å². The third kappa shape index (κ3) is 8.42. The average Bonchev–Trinajstić information content (AvgIpc) is 3.13. The van der Waals surface area contributed by atoms with Crippen molar-refractivity contribution in [2.75, 3.05) is 39.3 Å². The van der Waals surface area contributed by atoms with Crippen LogP contribution in [0.3, 0.4) is 0 Å². The lowest BCUT2D eigenvalue weighted by Crippen LogP contribution is -2.64. The van der Waals surface area contributed by atoms with Crippen LogP contribution >= 0.6 is 0 Å².